The van der Waals surface area contributed by atoms with E-state index in [1.54, 1.807) is 12.3 Å². The summed E-state index contributed by atoms with van der Waals surface area (Å²) in [6.07, 6.45) is 3.03. The van der Waals surface area contributed by atoms with Crippen LogP contribution in [0.15, 0.2) is 30.5 Å². The minimum absolute atomic E-state index is 0.0698. The molecule has 8 nitrogen and oxygen atoms in total. The molecule has 4 rings (SSSR count). The Morgan fingerprint density at radius 2 is 2.00 bits per heavy atom. The van der Waals surface area contributed by atoms with Gasteiger partial charge in [-0.3, -0.25) is 10.8 Å². The van der Waals surface area contributed by atoms with Crippen molar-refractivity contribution in [3.05, 3.63) is 53.2 Å². The molecule has 1 aromatic carbocycles. The first kappa shape index (κ1) is 23.1. The Morgan fingerprint density at radius 1 is 1.27 bits per heavy atom. The van der Waals surface area contributed by atoms with Crippen molar-refractivity contribution < 1.29 is 13.9 Å². The summed E-state index contributed by atoms with van der Waals surface area (Å²) in [7, 11) is 0. The molecule has 3 aromatic rings. The maximum absolute atomic E-state index is 14.7. The number of anilines is 2. The zero-order chi connectivity index (χ0) is 24.1. The topological polar surface area (TPSA) is 127 Å². The number of nitrogens with zero attached hydrogens (tertiary/aromatic N) is 4. The molecule has 1 saturated heterocycles. The number of nitrogens with two attached hydrogens (primary N) is 1. The van der Waals surface area contributed by atoms with Gasteiger partial charge in [-0.05, 0) is 57.9 Å². The van der Waals surface area contributed by atoms with Crippen molar-refractivity contribution in [1.82, 2.24) is 14.6 Å². The third-order valence-electron chi connectivity index (χ3n) is 5.91. The van der Waals surface area contributed by atoms with Crippen molar-refractivity contribution in [2.24, 2.45) is 0 Å². The van der Waals surface area contributed by atoms with Crippen LogP contribution in [0.2, 0.25) is 0 Å². The summed E-state index contributed by atoms with van der Waals surface area (Å²) < 4.78 is 30.1. The van der Waals surface area contributed by atoms with Gasteiger partial charge in [-0.1, -0.05) is 11.8 Å². The lowest BCUT2D eigenvalue weighted by Gasteiger charge is -2.37. The van der Waals surface area contributed by atoms with Gasteiger partial charge in [0.1, 0.15) is 33.1 Å². The van der Waals surface area contributed by atoms with Crippen LogP contribution < -0.4 is 10.6 Å². The summed E-state index contributed by atoms with van der Waals surface area (Å²) in [6, 6.07) is 5.18. The van der Waals surface area contributed by atoms with Crippen LogP contribution in [0.25, 0.3) is 5.65 Å². The maximum atomic E-state index is 14.7. The lowest BCUT2D eigenvalue weighted by molar-refractivity contribution is 0.156. The van der Waals surface area contributed by atoms with Gasteiger partial charge in [-0.2, -0.15) is 0 Å². The average Bonchev–Trinajstić information content (AvgIpc) is 3.28. The zero-order valence-electron chi connectivity index (χ0n) is 18.5. The van der Waals surface area contributed by atoms with Crippen LogP contribution >= 0.6 is 11.8 Å². The minimum Gasteiger partial charge on any atom is -0.384 e. The summed E-state index contributed by atoms with van der Waals surface area (Å²) in [6.45, 7) is 5.37. The number of halogens is 2. The molecule has 0 bridgehead atoms. The number of rotatable bonds is 4. The second-order valence-electron chi connectivity index (χ2n) is 8.79. The van der Waals surface area contributed by atoms with E-state index >= 15 is 0 Å². The Labute approximate surface area is 193 Å². The summed E-state index contributed by atoms with van der Waals surface area (Å²) in [4.78, 5) is 6.61. The van der Waals surface area contributed by atoms with Gasteiger partial charge in [0.2, 0.25) is 0 Å². The second kappa shape index (κ2) is 8.07. The van der Waals surface area contributed by atoms with Gasteiger partial charge < -0.3 is 15.7 Å². The lowest BCUT2D eigenvalue weighted by Crippen LogP contribution is -2.40. The van der Waals surface area contributed by atoms with Gasteiger partial charge in [-0.25, -0.2) is 18.3 Å². The number of thioether (sulfide) groups is 1. The summed E-state index contributed by atoms with van der Waals surface area (Å²) >= 11 is 0.770. The Kier molecular flexibility index (Phi) is 5.65. The molecule has 0 radical (unpaired) electrons. The number of benzene rings is 1. The van der Waals surface area contributed by atoms with E-state index in [2.05, 4.69) is 10.1 Å². The van der Waals surface area contributed by atoms with Gasteiger partial charge in [-0.15, -0.1) is 5.10 Å². The van der Waals surface area contributed by atoms with Gasteiger partial charge >= 0.3 is 0 Å². The number of hydrogen-bond acceptors (Lipinski definition) is 8. The van der Waals surface area contributed by atoms with Gasteiger partial charge in [0.15, 0.2) is 11.5 Å². The number of fused-ring (bicyclic) bond motifs is 1. The first-order valence-corrected chi connectivity index (χ1v) is 11.2. The number of hydrogen-bond donors (Lipinski definition) is 4. The summed E-state index contributed by atoms with van der Waals surface area (Å²) in [5.41, 5.74) is 4.66. The molecule has 5 N–H and O–H groups in total. The smallest absolute Gasteiger partial charge is 0.169 e. The van der Waals surface area contributed by atoms with E-state index in [1.165, 1.54) is 24.4 Å². The molecule has 0 unspecified atom stereocenters. The van der Waals surface area contributed by atoms with Crippen LogP contribution in [0.4, 0.5) is 20.4 Å². The van der Waals surface area contributed by atoms with E-state index in [0.29, 0.717) is 24.4 Å². The van der Waals surface area contributed by atoms with E-state index in [-0.39, 0.29) is 27.0 Å². The van der Waals surface area contributed by atoms with Gasteiger partial charge in [0.25, 0.3) is 0 Å². The van der Waals surface area contributed by atoms with E-state index in [1.807, 2.05) is 11.8 Å². The third-order valence-corrected chi connectivity index (χ3v) is 7.02. The predicted molar refractivity (Wildman–Crippen MR) is 126 cm³/mol. The highest BCUT2D eigenvalue weighted by Gasteiger charge is 2.41. The molecule has 3 heterocycles. The molecule has 1 fully saturated rings. The molecule has 0 spiro atoms. The molecular formula is C22H25F2N7OS. The number of aromatic nitrogens is 3. The van der Waals surface area contributed by atoms with Crippen molar-refractivity contribution >= 4 is 39.1 Å². The molecule has 0 aliphatic carbocycles. The minimum atomic E-state index is -1.40. The SMILES string of the molecule is CC(C)(O)C(=N)SC(=N)c1c(N)nn2ccc(N3CCC[C@]3(C)c3cc(F)ccc3F)nc12. The Morgan fingerprint density at radius 3 is 2.70 bits per heavy atom. The van der Waals surface area contributed by atoms with Crippen molar-refractivity contribution in [1.29, 1.82) is 10.8 Å². The third kappa shape index (κ3) is 4.06. The molecule has 1 aliphatic rings. The van der Waals surface area contributed by atoms with E-state index in [9.17, 15) is 13.9 Å². The fourth-order valence-electron chi connectivity index (χ4n) is 4.10. The van der Waals surface area contributed by atoms with Crippen LogP contribution in [0.3, 0.4) is 0 Å². The van der Waals surface area contributed by atoms with E-state index < -0.39 is 22.8 Å². The van der Waals surface area contributed by atoms with Crippen LogP contribution in [-0.4, -0.2) is 41.9 Å². The van der Waals surface area contributed by atoms with Crippen molar-refractivity contribution in [3.63, 3.8) is 0 Å². The summed E-state index contributed by atoms with van der Waals surface area (Å²) in [5, 5.41) is 30.5. The maximum Gasteiger partial charge on any atom is 0.169 e. The van der Waals surface area contributed by atoms with Crippen LogP contribution in [-0.2, 0) is 5.54 Å². The highest BCUT2D eigenvalue weighted by atomic mass is 32.2. The standard InChI is InChI=1S/C22H25F2N7OS/c1-21(2,32)20(27)33-18(26)16-17(25)29-31-10-7-15(28-19(16)31)30-9-4-8-22(30,3)13-11-12(23)5-6-14(13)24/h5-7,10-11,26-27,32H,4,8-9H2,1-3H3,(H2,25,29)/t22-/m1/s1. The van der Waals surface area contributed by atoms with E-state index in [4.69, 9.17) is 16.6 Å². The first-order valence-electron chi connectivity index (χ1n) is 10.4. The lowest BCUT2D eigenvalue weighted by atomic mass is 9.88. The Bertz CT molecular complexity index is 1270. The van der Waals surface area contributed by atoms with Crippen molar-refractivity contribution in [3.8, 4) is 0 Å². The molecule has 33 heavy (non-hydrogen) atoms. The first-order chi connectivity index (χ1) is 15.4. The number of nitrogen functional groups attached to an aromatic ring is 1. The number of nitrogens with one attached hydrogen (secondary N) is 2. The largest absolute Gasteiger partial charge is 0.384 e. The van der Waals surface area contributed by atoms with Gasteiger partial charge in [0.05, 0.1) is 11.1 Å². The average molecular weight is 474 g/mol. The molecule has 2 aromatic heterocycles. The van der Waals surface area contributed by atoms with E-state index in [0.717, 1.165) is 30.3 Å². The molecule has 1 aliphatic heterocycles. The molecule has 174 valence electrons. The fraction of sp³-hybridized carbons (Fsp3) is 0.364. The molecule has 1 atom stereocenters. The summed E-state index contributed by atoms with van der Waals surface area (Å²) in [5.74, 6) is -0.401. The molecule has 0 amide bonds. The Balaban J connectivity index is 1.76. The number of aliphatic hydroxyl groups is 1. The van der Waals surface area contributed by atoms with Crippen LogP contribution in [0, 0.1) is 22.5 Å². The molecule has 0 saturated carbocycles. The second-order valence-corrected chi connectivity index (χ2v) is 9.81. The van der Waals surface area contributed by atoms with Crippen molar-refractivity contribution in [2.75, 3.05) is 17.2 Å². The molecular weight excluding hydrogens is 448 g/mol. The highest BCUT2D eigenvalue weighted by molar-refractivity contribution is 8.27. The quantitative estimate of drug-likeness (QED) is 0.336. The van der Waals surface area contributed by atoms with Crippen molar-refractivity contribution in [2.45, 2.75) is 44.8 Å². The fourth-order valence-corrected chi connectivity index (χ4v) is 4.86. The zero-order valence-corrected chi connectivity index (χ0v) is 19.3. The molecule has 11 heteroatoms. The highest BCUT2D eigenvalue weighted by Crippen LogP contribution is 2.42. The normalized spacial score (nSPS) is 18.8. The predicted octanol–water partition coefficient (Wildman–Crippen LogP) is 3.91. The monoisotopic (exact) mass is 473 g/mol. The van der Waals surface area contributed by atoms with Crippen LogP contribution in [0.5, 0.6) is 0 Å². The van der Waals surface area contributed by atoms with Gasteiger partial charge in [0, 0.05) is 18.3 Å². The Hall–Kier alpha value is -3.05. The van der Waals surface area contributed by atoms with Crippen LogP contribution in [0.1, 0.15) is 44.7 Å².